The molecule has 88 valence electrons. The van der Waals surface area contributed by atoms with Crippen LogP contribution in [0.15, 0.2) is 0 Å². The number of hydrogen-bond donors (Lipinski definition) is 2. The first kappa shape index (κ1) is 13.0. The van der Waals surface area contributed by atoms with E-state index in [1.807, 2.05) is 20.8 Å². The molecule has 0 aromatic rings. The summed E-state index contributed by atoms with van der Waals surface area (Å²) in [7, 11) is 0. The maximum Gasteiger partial charge on any atom is 0.169 e. The van der Waals surface area contributed by atoms with E-state index >= 15 is 0 Å². The predicted molar refractivity (Wildman–Crippen MR) is 66.3 cm³/mol. The van der Waals surface area contributed by atoms with Crippen molar-refractivity contribution in [1.29, 1.82) is 0 Å². The van der Waals surface area contributed by atoms with Crippen LogP contribution in [0.1, 0.15) is 34.6 Å². The van der Waals surface area contributed by atoms with Crippen molar-refractivity contribution in [2.24, 2.45) is 11.5 Å². The van der Waals surface area contributed by atoms with Gasteiger partial charge in [0, 0.05) is 12.6 Å². The second-order valence-electron chi connectivity index (χ2n) is 5.69. The highest BCUT2D eigenvalue weighted by Crippen LogP contribution is 2.48. The highest BCUT2D eigenvalue weighted by atomic mass is 16.5. The van der Waals surface area contributed by atoms with Gasteiger partial charge in [-0.2, -0.15) is 0 Å². The summed E-state index contributed by atoms with van der Waals surface area (Å²) in [6.45, 7) is 11.7. The molecule has 1 aliphatic heterocycles. The molecule has 0 aromatic heterocycles. The van der Waals surface area contributed by atoms with Crippen LogP contribution in [-0.2, 0) is 4.74 Å². The van der Waals surface area contributed by atoms with E-state index in [2.05, 4.69) is 13.8 Å². The van der Waals surface area contributed by atoms with Gasteiger partial charge in [-0.15, -0.1) is 0 Å². The molecule has 0 radical (unpaired) electrons. The summed E-state index contributed by atoms with van der Waals surface area (Å²) >= 11 is 0. The largest absolute Gasteiger partial charge is 0.374 e. The monoisotopic (exact) mass is 212 g/mol. The molecule has 1 fully saturated rings. The molecule has 3 atom stereocenters. The number of ether oxygens (including phenoxy) is 1. The van der Waals surface area contributed by atoms with E-state index in [0.29, 0.717) is 12.5 Å². The Balaban J connectivity index is 2.40. The van der Waals surface area contributed by atoms with Gasteiger partial charge in [-0.1, -0.05) is 20.2 Å². The molecule has 0 spiro atoms. The van der Waals surface area contributed by atoms with Crippen molar-refractivity contribution in [1.82, 2.24) is 0 Å². The lowest BCUT2D eigenvalue weighted by atomic mass is 9.61. The summed E-state index contributed by atoms with van der Waals surface area (Å²) < 4.78 is 5.88. The third-order valence-electron chi connectivity index (χ3n) is 4.15. The molecule has 1 saturated heterocycles. The van der Waals surface area contributed by atoms with Crippen molar-refractivity contribution in [2.45, 2.75) is 63.8 Å². The minimum atomic E-state index is -0.253. The third-order valence-corrected chi connectivity index (χ3v) is 4.15. The molecule has 1 heterocycles. The standard InChI is InChI=1S/C11H25BN2O/c1-6-12-9(11(12,5)14)7-15-10(3,4)8(2)13/h8-9H,6-7,13-14H2,1-5H3. The minimum absolute atomic E-state index is 0.0251. The van der Waals surface area contributed by atoms with Crippen LogP contribution in [0.5, 0.6) is 0 Å². The SMILES string of the molecule is CCB1C(COC(C)(C)C(C)N)C1(C)N. The Kier molecular flexibility index (Phi) is 3.54. The maximum absolute atomic E-state index is 6.16. The van der Waals surface area contributed by atoms with Gasteiger partial charge in [0.15, 0.2) is 6.71 Å². The van der Waals surface area contributed by atoms with Crippen LogP contribution in [0, 0.1) is 0 Å². The Morgan fingerprint density at radius 1 is 1.53 bits per heavy atom. The summed E-state index contributed by atoms with van der Waals surface area (Å²) in [5.74, 6) is 0.500. The third kappa shape index (κ3) is 2.55. The number of rotatable bonds is 5. The van der Waals surface area contributed by atoms with Gasteiger partial charge in [0.05, 0.1) is 5.60 Å². The van der Waals surface area contributed by atoms with Gasteiger partial charge in [-0.05, 0) is 32.0 Å². The van der Waals surface area contributed by atoms with E-state index in [-0.39, 0.29) is 17.1 Å². The van der Waals surface area contributed by atoms with Crippen LogP contribution >= 0.6 is 0 Å². The molecule has 4 N–H and O–H groups in total. The lowest BCUT2D eigenvalue weighted by Crippen LogP contribution is -2.43. The second kappa shape index (κ2) is 4.08. The van der Waals surface area contributed by atoms with E-state index in [4.69, 9.17) is 16.2 Å². The van der Waals surface area contributed by atoms with E-state index in [1.165, 1.54) is 0 Å². The van der Waals surface area contributed by atoms with Crippen molar-refractivity contribution in [2.75, 3.05) is 6.61 Å². The Morgan fingerprint density at radius 3 is 2.40 bits per heavy atom. The quantitative estimate of drug-likeness (QED) is 0.675. The molecule has 1 aliphatic rings. The average molecular weight is 212 g/mol. The molecule has 0 aliphatic carbocycles. The zero-order valence-corrected chi connectivity index (χ0v) is 10.7. The van der Waals surface area contributed by atoms with Crippen LogP contribution < -0.4 is 11.5 Å². The Hall–Kier alpha value is -0.0551. The van der Waals surface area contributed by atoms with Gasteiger partial charge in [0.25, 0.3) is 0 Å². The molecule has 3 unspecified atom stereocenters. The summed E-state index contributed by atoms with van der Waals surface area (Å²) in [6.07, 6.45) is 1.14. The van der Waals surface area contributed by atoms with Gasteiger partial charge < -0.3 is 16.2 Å². The normalized spacial score (nSPS) is 33.0. The summed E-state index contributed by atoms with van der Waals surface area (Å²) in [5.41, 5.74) is 11.7. The van der Waals surface area contributed by atoms with Crippen molar-refractivity contribution in [3.63, 3.8) is 0 Å². The van der Waals surface area contributed by atoms with Crippen LogP contribution in [-0.4, -0.2) is 30.4 Å². The second-order valence-corrected chi connectivity index (χ2v) is 5.69. The first-order chi connectivity index (χ1) is 6.73. The number of hydrogen-bond acceptors (Lipinski definition) is 3. The van der Waals surface area contributed by atoms with Crippen molar-refractivity contribution >= 4 is 6.71 Å². The highest BCUT2D eigenvalue weighted by molar-refractivity contribution is 6.76. The number of nitrogens with two attached hydrogens (primary N) is 2. The van der Waals surface area contributed by atoms with E-state index in [9.17, 15) is 0 Å². The molecule has 15 heavy (non-hydrogen) atoms. The fourth-order valence-electron chi connectivity index (χ4n) is 2.18. The average Bonchev–Trinajstić information content (AvgIpc) is 2.63. The lowest BCUT2D eigenvalue weighted by Gasteiger charge is -2.29. The maximum atomic E-state index is 6.16. The van der Waals surface area contributed by atoms with Gasteiger partial charge in [0.1, 0.15) is 0 Å². The fourth-order valence-corrected chi connectivity index (χ4v) is 2.18. The van der Waals surface area contributed by atoms with Gasteiger partial charge >= 0.3 is 0 Å². The summed E-state index contributed by atoms with van der Waals surface area (Å²) in [6, 6.07) is 0.0420. The molecular formula is C11H25BN2O. The summed E-state index contributed by atoms with van der Waals surface area (Å²) in [4.78, 5) is 0. The van der Waals surface area contributed by atoms with Crippen molar-refractivity contribution in [3.05, 3.63) is 0 Å². The Morgan fingerprint density at radius 2 is 2.07 bits per heavy atom. The van der Waals surface area contributed by atoms with E-state index in [0.717, 1.165) is 12.9 Å². The molecule has 0 aromatic carbocycles. The molecule has 4 heteroatoms. The van der Waals surface area contributed by atoms with Crippen LogP contribution in [0.2, 0.25) is 12.1 Å². The first-order valence-electron chi connectivity index (χ1n) is 5.92. The van der Waals surface area contributed by atoms with Crippen LogP contribution in [0.3, 0.4) is 0 Å². The van der Waals surface area contributed by atoms with Gasteiger partial charge in [-0.3, -0.25) is 0 Å². The zero-order valence-electron chi connectivity index (χ0n) is 10.7. The minimum Gasteiger partial charge on any atom is -0.374 e. The van der Waals surface area contributed by atoms with Crippen LogP contribution in [0.25, 0.3) is 0 Å². The molecular weight excluding hydrogens is 187 g/mol. The smallest absolute Gasteiger partial charge is 0.169 e. The summed E-state index contributed by atoms with van der Waals surface area (Å²) in [5, 5.41) is 0. The lowest BCUT2D eigenvalue weighted by molar-refractivity contribution is -0.0310. The van der Waals surface area contributed by atoms with E-state index in [1.54, 1.807) is 0 Å². The van der Waals surface area contributed by atoms with Crippen molar-refractivity contribution < 1.29 is 4.74 Å². The van der Waals surface area contributed by atoms with E-state index < -0.39 is 0 Å². The Bertz CT molecular complexity index is 229. The van der Waals surface area contributed by atoms with Crippen LogP contribution in [0.4, 0.5) is 0 Å². The molecule has 1 rings (SSSR count). The molecule has 3 nitrogen and oxygen atoms in total. The highest BCUT2D eigenvalue weighted by Gasteiger charge is 2.60. The first-order valence-corrected chi connectivity index (χ1v) is 5.92. The fraction of sp³-hybridized carbons (Fsp3) is 1.00. The van der Waals surface area contributed by atoms with Crippen molar-refractivity contribution in [3.8, 4) is 0 Å². The zero-order chi connectivity index (χ0) is 11.9. The topological polar surface area (TPSA) is 61.3 Å². The molecule has 0 amide bonds. The molecule has 0 saturated carbocycles. The predicted octanol–water partition coefficient (Wildman–Crippen LogP) is 1.28. The van der Waals surface area contributed by atoms with Gasteiger partial charge in [-0.25, -0.2) is 0 Å². The molecule has 0 bridgehead atoms. The Labute approximate surface area is 94.0 Å². The van der Waals surface area contributed by atoms with Gasteiger partial charge in [0.2, 0.25) is 0 Å².